The number of carbonyl (C=O) groups is 2. The number of benzene rings is 2. The zero-order valence-electron chi connectivity index (χ0n) is 18.3. The van der Waals surface area contributed by atoms with E-state index in [1.54, 1.807) is 30.6 Å². The maximum atomic E-state index is 14.3. The van der Waals surface area contributed by atoms with E-state index in [0.717, 1.165) is 11.8 Å². The predicted molar refractivity (Wildman–Crippen MR) is 125 cm³/mol. The van der Waals surface area contributed by atoms with E-state index in [-0.39, 0.29) is 17.9 Å². The summed E-state index contributed by atoms with van der Waals surface area (Å²) in [6, 6.07) is 10.1. The molecule has 0 aliphatic carbocycles. The highest BCUT2D eigenvalue weighted by atomic mass is 32.1. The summed E-state index contributed by atoms with van der Waals surface area (Å²) < 4.78 is 30.5. The molecule has 0 saturated carbocycles. The fourth-order valence-electron chi connectivity index (χ4n) is 3.10. The van der Waals surface area contributed by atoms with E-state index < -0.39 is 17.6 Å². The normalized spacial score (nSPS) is 10.6. The van der Waals surface area contributed by atoms with Crippen LogP contribution in [0.3, 0.4) is 0 Å². The largest absolute Gasteiger partial charge is 0.493 e. The van der Waals surface area contributed by atoms with Crippen LogP contribution in [0.4, 0.5) is 15.8 Å². The van der Waals surface area contributed by atoms with Crippen molar-refractivity contribution in [2.24, 2.45) is 0 Å². The molecule has 8 nitrogen and oxygen atoms in total. The SMILES string of the molecule is COc1cc(C(=O)Nc2ccc(F)c(NC(=O)c3ccoc3C)c2)ccc1OCc1cscn1. The van der Waals surface area contributed by atoms with Crippen LogP contribution in [0.1, 0.15) is 32.2 Å². The Bertz CT molecular complexity index is 1320. The minimum absolute atomic E-state index is 0.0771. The number of ether oxygens (including phenoxy) is 2. The Morgan fingerprint density at radius 2 is 1.94 bits per heavy atom. The number of anilines is 2. The lowest BCUT2D eigenvalue weighted by molar-refractivity contribution is 0.101. The average molecular weight is 482 g/mol. The first-order valence-electron chi connectivity index (χ1n) is 10.1. The Morgan fingerprint density at radius 1 is 1.09 bits per heavy atom. The third-order valence-corrected chi connectivity index (χ3v) is 5.50. The van der Waals surface area contributed by atoms with Crippen molar-refractivity contribution in [3.63, 3.8) is 0 Å². The molecule has 4 rings (SSSR count). The highest BCUT2D eigenvalue weighted by Crippen LogP contribution is 2.29. The smallest absolute Gasteiger partial charge is 0.259 e. The zero-order valence-corrected chi connectivity index (χ0v) is 19.1. The van der Waals surface area contributed by atoms with Crippen LogP contribution >= 0.6 is 11.3 Å². The van der Waals surface area contributed by atoms with Gasteiger partial charge in [-0.15, -0.1) is 11.3 Å². The van der Waals surface area contributed by atoms with Crippen molar-refractivity contribution in [2.75, 3.05) is 17.7 Å². The van der Waals surface area contributed by atoms with Crippen LogP contribution in [0.15, 0.2) is 64.0 Å². The second kappa shape index (κ2) is 10.2. The van der Waals surface area contributed by atoms with Gasteiger partial charge in [0.1, 0.15) is 18.2 Å². The molecule has 0 fully saturated rings. The number of rotatable bonds is 8. The molecule has 0 radical (unpaired) electrons. The molecule has 2 N–H and O–H groups in total. The first-order chi connectivity index (χ1) is 16.4. The molecule has 2 amide bonds. The Morgan fingerprint density at radius 3 is 2.65 bits per heavy atom. The highest BCUT2D eigenvalue weighted by Gasteiger charge is 2.16. The van der Waals surface area contributed by atoms with Crippen molar-refractivity contribution in [1.29, 1.82) is 0 Å². The Kier molecular flexibility index (Phi) is 6.88. The van der Waals surface area contributed by atoms with Gasteiger partial charge in [0.25, 0.3) is 11.8 Å². The van der Waals surface area contributed by atoms with Crippen molar-refractivity contribution >= 4 is 34.5 Å². The molecule has 2 heterocycles. The van der Waals surface area contributed by atoms with Gasteiger partial charge in [0.15, 0.2) is 11.5 Å². The van der Waals surface area contributed by atoms with Crippen molar-refractivity contribution in [1.82, 2.24) is 4.98 Å². The fraction of sp³-hybridized carbons (Fsp3) is 0.125. The summed E-state index contributed by atoms with van der Waals surface area (Å²) in [7, 11) is 1.48. The van der Waals surface area contributed by atoms with Gasteiger partial charge in [-0.05, 0) is 49.4 Å². The van der Waals surface area contributed by atoms with E-state index in [1.165, 1.54) is 42.9 Å². The number of hydrogen-bond donors (Lipinski definition) is 2. The molecule has 0 saturated heterocycles. The molecule has 34 heavy (non-hydrogen) atoms. The fourth-order valence-corrected chi connectivity index (χ4v) is 3.64. The third-order valence-electron chi connectivity index (χ3n) is 4.86. The Balaban J connectivity index is 1.46. The topological polar surface area (TPSA) is 103 Å². The number of aromatic nitrogens is 1. The summed E-state index contributed by atoms with van der Waals surface area (Å²) in [5.74, 6) is -0.351. The van der Waals surface area contributed by atoms with Crippen LogP contribution in [-0.2, 0) is 6.61 Å². The standard InChI is InChI=1S/C24H20FN3O5S/c1-14-18(7-8-32-14)24(30)28-20-10-16(4-5-19(20)25)27-23(29)15-3-6-21(22(9-15)31-2)33-11-17-12-34-13-26-17/h3-10,12-13H,11H2,1-2H3,(H,27,29)(H,28,30). The molecule has 0 atom stereocenters. The van der Waals surface area contributed by atoms with Gasteiger partial charge in [-0.3, -0.25) is 9.59 Å². The van der Waals surface area contributed by atoms with Crippen LogP contribution in [0.5, 0.6) is 11.5 Å². The molecule has 10 heteroatoms. The van der Waals surface area contributed by atoms with E-state index in [1.807, 2.05) is 5.38 Å². The van der Waals surface area contributed by atoms with Gasteiger partial charge in [-0.1, -0.05) is 0 Å². The molecule has 0 aliphatic heterocycles. The van der Waals surface area contributed by atoms with Gasteiger partial charge in [-0.2, -0.15) is 0 Å². The number of methoxy groups -OCH3 is 1. The molecule has 4 aromatic rings. The van der Waals surface area contributed by atoms with E-state index >= 15 is 0 Å². The van der Waals surface area contributed by atoms with E-state index in [4.69, 9.17) is 13.9 Å². The third kappa shape index (κ3) is 5.24. The van der Waals surface area contributed by atoms with Crippen LogP contribution in [0.2, 0.25) is 0 Å². The van der Waals surface area contributed by atoms with E-state index in [9.17, 15) is 14.0 Å². The lowest BCUT2D eigenvalue weighted by atomic mass is 10.1. The molecule has 0 bridgehead atoms. The van der Waals surface area contributed by atoms with Crippen molar-refractivity contribution < 1.29 is 27.9 Å². The molecular weight excluding hydrogens is 461 g/mol. The van der Waals surface area contributed by atoms with Gasteiger partial charge < -0.3 is 24.5 Å². The maximum absolute atomic E-state index is 14.3. The van der Waals surface area contributed by atoms with Crippen LogP contribution in [-0.4, -0.2) is 23.9 Å². The molecule has 174 valence electrons. The van der Waals surface area contributed by atoms with E-state index in [0.29, 0.717) is 28.5 Å². The summed E-state index contributed by atoms with van der Waals surface area (Å²) in [5, 5.41) is 7.06. The second-order valence-electron chi connectivity index (χ2n) is 7.13. The summed E-state index contributed by atoms with van der Waals surface area (Å²) in [5.41, 5.74) is 3.32. The first-order valence-corrected chi connectivity index (χ1v) is 11.0. The lowest BCUT2D eigenvalue weighted by Crippen LogP contribution is -2.15. The monoisotopic (exact) mass is 481 g/mol. The van der Waals surface area contributed by atoms with Crippen molar-refractivity contribution in [2.45, 2.75) is 13.5 Å². The number of carbonyl (C=O) groups excluding carboxylic acids is 2. The van der Waals surface area contributed by atoms with Gasteiger partial charge in [0.2, 0.25) is 0 Å². The number of amides is 2. The summed E-state index contributed by atoms with van der Waals surface area (Å²) >= 11 is 1.47. The number of thiazole rings is 1. The Labute approximate surface area is 198 Å². The van der Waals surface area contributed by atoms with Gasteiger partial charge in [0.05, 0.1) is 35.8 Å². The van der Waals surface area contributed by atoms with Gasteiger partial charge >= 0.3 is 0 Å². The average Bonchev–Trinajstić information content (AvgIpc) is 3.51. The maximum Gasteiger partial charge on any atom is 0.259 e. The number of aryl methyl sites for hydroxylation is 1. The number of nitrogens with zero attached hydrogens (tertiary/aromatic N) is 1. The number of halogens is 1. The summed E-state index contributed by atoms with van der Waals surface area (Å²) in [6.45, 7) is 1.90. The van der Waals surface area contributed by atoms with Crippen molar-refractivity contribution in [3.8, 4) is 11.5 Å². The molecule has 0 unspecified atom stereocenters. The number of furan rings is 1. The van der Waals surface area contributed by atoms with Gasteiger partial charge in [0, 0.05) is 16.6 Å². The summed E-state index contributed by atoms with van der Waals surface area (Å²) in [6.07, 6.45) is 1.38. The number of nitrogens with one attached hydrogen (secondary N) is 2. The molecule has 2 aromatic carbocycles. The lowest BCUT2D eigenvalue weighted by Gasteiger charge is -2.13. The quantitative estimate of drug-likeness (QED) is 0.355. The van der Waals surface area contributed by atoms with E-state index in [2.05, 4.69) is 15.6 Å². The minimum Gasteiger partial charge on any atom is -0.493 e. The Hall–Kier alpha value is -4.18. The highest BCUT2D eigenvalue weighted by molar-refractivity contribution is 7.07. The van der Waals surface area contributed by atoms with Crippen LogP contribution in [0, 0.1) is 12.7 Å². The number of hydrogen-bond acceptors (Lipinski definition) is 7. The molecule has 0 spiro atoms. The molecule has 0 aliphatic rings. The minimum atomic E-state index is -0.643. The predicted octanol–water partition coefficient (Wildman–Crippen LogP) is 5.28. The first kappa shape index (κ1) is 23.0. The van der Waals surface area contributed by atoms with Crippen molar-refractivity contribution in [3.05, 3.63) is 88.0 Å². The van der Waals surface area contributed by atoms with Gasteiger partial charge in [-0.25, -0.2) is 9.37 Å². The molecular formula is C24H20FN3O5S. The van der Waals surface area contributed by atoms with Crippen LogP contribution < -0.4 is 20.1 Å². The zero-order chi connectivity index (χ0) is 24.1. The molecule has 2 aromatic heterocycles. The van der Waals surface area contributed by atoms with Crippen LogP contribution in [0.25, 0.3) is 0 Å². The second-order valence-corrected chi connectivity index (χ2v) is 7.85. The summed E-state index contributed by atoms with van der Waals surface area (Å²) in [4.78, 5) is 29.3.